The van der Waals surface area contributed by atoms with Crippen molar-refractivity contribution in [3.05, 3.63) is 29.6 Å². The van der Waals surface area contributed by atoms with Crippen molar-refractivity contribution in [1.82, 2.24) is 10.3 Å². The van der Waals surface area contributed by atoms with Gasteiger partial charge in [-0.05, 0) is 56.3 Å². The van der Waals surface area contributed by atoms with Gasteiger partial charge in [0.2, 0.25) is 0 Å². The van der Waals surface area contributed by atoms with Crippen LogP contribution in [0.2, 0.25) is 0 Å². The first-order valence-corrected chi connectivity index (χ1v) is 7.65. The van der Waals surface area contributed by atoms with E-state index in [0.717, 1.165) is 18.4 Å². The van der Waals surface area contributed by atoms with Gasteiger partial charge in [0, 0.05) is 18.1 Å². The molecule has 3 unspecified atom stereocenters. The van der Waals surface area contributed by atoms with Gasteiger partial charge in [-0.2, -0.15) is 0 Å². The number of hydrogen-bond donors (Lipinski definition) is 2. The Morgan fingerprint density at radius 2 is 2.00 bits per heavy atom. The molecule has 0 aliphatic carbocycles. The van der Waals surface area contributed by atoms with Gasteiger partial charge in [-0.1, -0.05) is 6.07 Å². The Morgan fingerprint density at radius 3 is 2.52 bits per heavy atom. The summed E-state index contributed by atoms with van der Waals surface area (Å²) in [5, 5.41) is 0. The maximum Gasteiger partial charge on any atom is 0.165 e. The minimum Gasteiger partial charge on any atom is -0.494 e. The third kappa shape index (κ3) is 2.65. The van der Waals surface area contributed by atoms with Crippen molar-refractivity contribution >= 4 is 0 Å². The summed E-state index contributed by atoms with van der Waals surface area (Å²) < 4.78 is 18.9. The van der Waals surface area contributed by atoms with E-state index in [2.05, 4.69) is 17.4 Å². The largest absolute Gasteiger partial charge is 0.494 e. The molecule has 2 aliphatic rings. The van der Waals surface area contributed by atoms with E-state index in [1.165, 1.54) is 20.0 Å². The Kier molecular flexibility index (Phi) is 4.15. The number of rotatable bonds is 4. The number of methoxy groups -OCH3 is 1. The van der Waals surface area contributed by atoms with Crippen LogP contribution >= 0.6 is 0 Å². The van der Waals surface area contributed by atoms with Gasteiger partial charge in [0.15, 0.2) is 11.6 Å². The van der Waals surface area contributed by atoms with Crippen molar-refractivity contribution in [3.63, 3.8) is 0 Å². The highest BCUT2D eigenvalue weighted by Gasteiger charge is 2.41. The Labute approximate surface area is 125 Å². The van der Waals surface area contributed by atoms with Gasteiger partial charge in [-0.3, -0.25) is 11.3 Å². The summed E-state index contributed by atoms with van der Waals surface area (Å²) in [6.07, 6.45) is 4.78. The van der Waals surface area contributed by atoms with E-state index >= 15 is 0 Å². The van der Waals surface area contributed by atoms with Crippen LogP contribution in [0.4, 0.5) is 4.39 Å². The molecule has 2 saturated heterocycles. The van der Waals surface area contributed by atoms with Crippen molar-refractivity contribution in [1.29, 1.82) is 0 Å². The molecule has 0 spiro atoms. The van der Waals surface area contributed by atoms with Crippen LogP contribution in [-0.2, 0) is 0 Å². The molecule has 3 rings (SSSR count). The van der Waals surface area contributed by atoms with Crippen molar-refractivity contribution in [2.45, 2.75) is 43.8 Å². The molecule has 116 valence electrons. The molecule has 2 fully saturated rings. The topological polar surface area (TPSA) is 50.5 Å². The van der Waals surface area contributed by atoms with Gasteiger partial charge in [0.25, 0.3) is 0 Å². The Bertz CT molecular complexity index is 496. The Balaban J connectivity index is 1.81. The molecular weight excluding hydrogens is 269 g/mol. The minimum absolute atomic E-state index is 0.00204. The van der Waals surface area contributed by atoms with Crippen molar-refractivity contribution < 1.29 is 9.13 Å². The second kappa shape index (κ2) is 5.91. The quantitative estimate of drug-likeness (QED) is 0.660. The standard InChI is InChI=1S/C16H24FN3O/c1-20-12-4-5-13(20)8-11(7-12)16(19-18)10-3-6-15(21-2)14(17)9-10/h3,6,9,11-13,16,19H,4-5,7-8,18H2,1-2H3. The van der Waals surface area contributed by atoms with E-state index in [9.17, 15) is 4.39 Å². The molecule has 4 nitrogen and oxygen atoms in total. The normalized spacial score (nSPS) is 30.4. The second-order valence-corrected chi connectivity index (χ2v) is 6.32. The zero-order valence-electron chi connectivity index (χ0n) is 12.7. The van der Waals surface area contributed by atoms with Gasteiger partial charge >= 0.3 is 0 Å². The number of fused-ring (bicyclic) bond motifs is 2. The van der Waals surface area contributed by atoms with Crippen molar-refractivity contribution in [3.8, 4) is 5.75 Å². The van der Waals surface area contributed by atoms with E-state index in [0.29, 0.717) is 18.0 Å². The first-order valence-electron chi connectivity index (χ1n) is 7.65. The highest BCUT2D eigenvalue weighted by molar-refractivity contribution is 5.31. The smallest absolute Gasteiger partial charge is 0.165 e. The SMILES string of the molecule is COc1ccc(C(NN)C2CC3CCC(C2)N3C)cc1F. The molecule has 0 saturated carbocycles. The molecule has 2 heterocycles. The summed E-state index contributed by atoms with van der Waals surface area (Å²) in [6, 6.07) is 6.43. The maximum atomic E-state index is 13.9. The third-order valence-corrected chi connectivity index (χ3v) is 5.32. The first-order chi connectivity index (χ1) is 10.1. The first kappa shape index (κ1) is 14.8. The number of nitrogens with two attached hydrogens (primary N) is 1. The van der Waals surface area contributed by atoms with Crippen LogP contribution in [0.1, 0.15) is 37.3 Å². The molecular formula is C16H24FN3O. The fourth-order valence-electron chi connectivity index (χ4n) is 4.11. The zero-order chi connectivity index (χ0) is 15.0. The van der Waals surface area contributed by atoms with Crippen LogP contribution in [0.5, 0.6) is 5.75 Å². The lowest BCUT2D eigenvalue weighted by atomic mass is 9.82. The zero-order valence-corrected chi connectivity index (χ0v) is 12.7. The summed E-state index contributed by atoms with van der Waals surface area (Å²) in [5.41, 5.74) is 3.82. The van der Waals surface area contributed by atoms with Crippen LogP contribution in [0.25, 0.3) is 0 Å². The molecule has 1 aromatic carbocycles. The molecule has 0 aromatic heterocycles. The van der Waals surface area contributed by atoms with E-state index in [1.54, 1.807) is 12.1 Å². The van der Waals surface area contributed by atoms with E-state index in [4.69, 9.17) is 10.6 Å². The highest BCUT2D eigenvalue weighted by Crippen LogP contribution is 2.42. The Morgan fingerprint density at radius 1 is 1.33 bits per heavy atom. The van der Waals surface area contributed by atoms with Crippen LogP contribution in [0.15, 0.2) is 18.2 Å². The lowest BCUT2D eigenvalue weighted by molar-refractivity contribution is 0.112. The molecule has 3 atom stereocenters. The summed E-state index contributed by atoms with van der Waals surface area (Å²) in [4.78, 5) is 2.50. The molecule has 1 aromatic rings. The third-order valence-electron chi connectivity index (χ3n) is 5.32. The fraction of sp³-hybridized carbons (Fsp3) is 0.625. The summed E-state index contributed by atoms with van der Waals surface area (Å²) in [6.45, 7) is 0. The van der Waals surface area contributed by atoms with Gasteiger partial charge in [-0.15, -0.1) is 0 Å². The number of hydrazine groups is 1. The maximum absolute atomic E-state index is 13.9. The number of benzene rings is 1. The number of nitrogens with zero attached hydrogens (tertiary/aromatic N) is 1. The molecule has 0 amide bonds. The lowest BCUT2D eigenvalue weighted by Crippen LogP contribution is -2.45. The minimum atomic E-state index is -0.328. The van der Waals surface area contributed by atoms with Gasteiger partial charge in [-0.25, -0.2) is 4.39 Å². The number of ether oxygens (including phenoxy) is 1. The van der Waals surface area contributed by atoms with E-state index in [-0.39, 0.29) is 17.6 Å². The molecule has 0 radical (unpaired) electrons. The van der Waals surface area contributed by atoms with E-state index < -0.39 is 0 Å². The average Bonchev–Trinajstić information content (AvgIpc) is 2.70. The molecule has 5 heteroatoms. The second-order valence-electron chi connectivity index (χ2n) is 6.32. The predicted octanol–water partition coefficient (Wildman–Crippen LogP) is 2.21. The fourth-order valence-corrected chi connectivity index (χ4v) is 4.11. The van der Waals surface area contributed by atoms with Crippen LogP contribution in [0.3, 0.4) is 0 Å². The lowest BCUT2D eigenvalue weighted by Gasteiger charge is -2.39. The van der Waals surface area contributed by atoms with Gasteiger partial charge in [0.1, 0.15) is 0 Å². The molecule has 21 heavy (non-hydrogen) atoms. The number of piperidine rings is 1. The molecule has 2 aliphatic heterocycles. The van der Waals surface area contributed by atoms with Crippen molar-refractivity contribution in [2.75, 3.05) is 14.2 Å². The van der Waals surface area contributed by atoms with E-state index in [1.807, 2.05) is 6.07 Å². The average molecular weight is 293 g/mol. The number of nitrogens with one attached hydrogen (secondary N) is 1. The number of hydrogen-bond acceptors (Lipinski definition) is 4. The molecule has 2 bridgehead atoms. The van der Waals surface area contributed by atoms with Crippen LogP contribution in [-0.4, -0.2) is 31.1 Å². The van der Waals surface area contributed by atoms with Crippen LogP contribution in [0, 0.1) is 11.7 Å². The number of halogens is 1. The van der Waals surface area contributed by atoms with Crippen LogP contribution < -0.4 is 16.0 Å². The monoisotopic (exact) mass is 293 g/mol. The van der Waals surface area contributed by atoms with Gasteiger partial charge in [0.05, 0.1) is 7.11 Å². The predicted molar refractivity (Wildman–Crippen MR) is 80.3 cm³/mol. The molecule has 3 N–H and O–H groups in total. The Hall–Kier alpha value is -1.17. The summed E-state index contributed by atoms with van der Waals surface area (Å²) >= 11 is 0. The summed E-state index contributed by atoms with van der Waals surface area (Å²) in [5.74, 6) is 6.19. The van der Waals surface area contributed by atoms with Gasteiger partial charge < -0.3 is 9.64 Å². The summed E-state index contributed by atoms with van der Waals surface area (Å²) in [7, 11) is 3.70. The van der Waals surface area contributed by atoms with Crippen molar-refractivity contribution in [2.24, 2.45) is 11.8 Å². The highest BCUT2D eigenvalue weighted by atomic mass is 19.1.